The number of carbonyl (C=O) groups excluding carboxylic acids is 1. The van der Waals surface area contributed by atoms with E-state index in [0.717, 1.165) is 63.1 Å². The van der Waals surface area contributed by atoms with Crippen LogP contribution in [0.25, 0.3) is 0 Å². The second kappa shape index (κ2) is 8.44. The van der Waals surface area contributed by atoms with Gasteiger partial charge in [0.05, 0.1) is 0 Å². The van der Waals surface area contributed by atoms with E-state index >= 15 is 0 Å². The molecule has 1 aromatic rings. The first kappa shape index (κ1) is 18.5. The lowest BCUT2D eigenvalue weighted by molar-refractivity contribution is -0.132. The summed E-state index contributed by atoms with van der Waals surface area (Å²) in [6, 6.07) is 2.15. The summed E-state index contributed by atoms with van der Waals surface area (Å²) in [5.74, 6) is 3.91. The first-order valence-electron chi connectivity index (χ1n) is 10.8. The zero-order valence-electron chi connectivity index (χ0n) is 16.7. The maximum atomic E-state index is 12.6. The van der Waals surface area contributed by atoms with Gasteiger partial charge in [0.1, 0.15) is 17.5 Å². The van der Waals surface area contributed by atoms with Crippen molar-refractivity contribution >= 4 is 17.5 Å². The van der Waals surface area contributed by atoms with Crippen LogP contribution in [0.3, 0.4) is 0 Å². The standard InChI is InChI=1S/C21H33N5O/c1-17-22-19(24-9-5-2-6-10-24)16-20(23-17)25-11-13-26(14-12-25)21(27)15-18-7-3-4-8-18/h16,18H,2-15H2,1H3. The first-order chi connectivity index (χ1) is 13.2. The second-order valence-corrected chi connectivity index (χ2v) is 8.40. The van der Waals surface area contributed by atoms with Gasteiger partial charge < -0.3 is 14.7 Å². The smallest absolute Gasteiger partial charge is 0.222 e. The Bertz CT molecular complexity index is 644. The molecule has 27 heavy (non-hydrogen) atoms. The summed E-state index contributed by atoms with van der Waals surface area (Å²) in [4.78, 5) is 28.7. The maximum absolute atomic E-state index is 12.6. The van der Waals surface area contributed by atoms with E-state index in [1.807, 2.05) is 6.92 Å². The lowest BCUT2D eigenvalue weighted by atomic mass is 10.0. The molecule has 1 aliphatic carbocycles. The molecular formula is C21H33N5O. The first-order valence-corrected chi connectivity index (χ1v) is 10.8. The number of piperidine rings is 1. The lowest BCUT2D eigenvalue weighted by Gasteiger charge is -2.36. The van der Waals surface area contributed by atoms with Crippen molar-refractivity contribution in [3.8, 4) is 0 Å². The number of aryl methyl sites for hydroxylation is 1. The van der Waals surface area contributed by atoms with Crippen LogP contribution < -0.4 is 9.80 Å². The van der Waals surface area contributed by atoms with Crippen LogP contribution in [0.5, 0.6) is 0 Å². The predicted octanol–water partition coefficient (Wildman–Crippen LogP) is 3.00. The van der Waals surface area contributed by atoms with E-state index in [9.17, 15) is 4.79 Å². The third kappa shape index (κ3) is 4.53. The highest BCUT2D eigenvalue weighted by molar-refractivity contribution is 5.76. The molecule has 6 nitrogen and oxygen atoms in total. The monoisotopic (exact) mass is 371 g/mol. The maximum Gasteiger partial charge on any atom is 0.222 e. The fourth-order valence-corrected chi connectivity index (χ4v) is 4.76. The van der Waals surface area contributed by atoms with Gasteiger partial charge in [0, 0.05) is 51.8 Å². The fourth-order valence-electron chi connectivity index (χ4n) is 4.76. The second-order valence-electron chi connectivity index (χ2n) is 8.40. The van der Waals surface area contributed by atoms with Crippen molar-refractivity contribution in [1.29, 1.82) is 0 Å². The Morgan fingerprint density at radius 1 is 0.889 bits per heavy atom. The van der Waals surface area contributed by atoms with Gasteiger partial charge in [0.25, 0.3) is 0 Å². The van der Waals surface area contributed by atoms with E-state index in [1.54, 1.807) is 0 Å². The van der Waals surface area contributed by atoms with Crippen LogP contribution in [0.15, 0.2) is 6.07 Å². The topological polar surface area (TPSA) is 52.6 Å². The minimum Gasteiger partial charge on any atom is -0.356 e. The van der Waals surface area contributed by atoms with Crippen molar-refractivity contribution in [2.24, 2.45) is 5.92 Å². The average molecular weight is 372 g/mol. The van der Waals surface area contributed by atoms with Crippen molar-refractivity contribution in [2.45, 2.75) is 58.3 Å². The summed E-state index contributed by atoms with van der Waals surface area (Å²) in [6.45, 7) is 7.54. The van der Waals surface area contributed by atoms with E-state index in [1.165, 1.54) is 44.9 Å². The molecule has 1 aromatic heterocycles. The van der Waals surface area contributed by atoms with Crippen molar-refractivity contribution in [3.63, 3.8) is 0 Å². The third-order valence-electron chi connectivity index (χ3n) is 6.39. The summed E-state index contributed by atoms with van der Waals surface area (Å²) in [6.07, 6.45) is 9.67. The minimum atomic E-state index is 0.356. The minimum absolute atomic E-state index is 0.356. The highest BCUT2D eigenvalue weighted by atomic mass is 16.2. The molecular weight excluding hydrogens is 338 g/mol. The Balaban J connectivity index is 1.36. The van der Waals surface area contributed by atoms with Gasteiger partial charge in [0.15, 0.2) is 0 Å². The SMILES string of the molecule is Cc1nc(N2CCCCC2)cc(N2CCN(C(=O)CC3CCCC3)CC2)n1. The zero-order chi connectivity index (χ0) is 18.6. The molecule has 3 fully saturated rings. The van der Waals surface area contributed by atoms with Gasteiger partial charge in [-0.1, -0.05) is 12.8 Å². The molecule has 2 saturated heterocycles. The molecule has 1 saturated carbocycles. The highest BCUT2D eigenvalue weighted by Gasteiger charge is 2.26. The Hall–Kier alpha value is -1.85. The fraction of sp³-hybridized carbons (Fsp3) is 0.762. The van der Waals surface area contributed by atoms with Gasteiger partial charge in [-0.25, -0.2) is 9.97 Å². The quantitative estimate of drug-likeness (QED) is 0.814. The number of piperazine rings is 1. The Morgan fingerprint density at radius 2 is 1.48 bits per heavy atom. The predicted molar refractivity (Wildman–Crippen MR) is 108 cm³/mol. The Labute approximate surface area is 162 Å². The molecule has 2 aliphatic heterocycles. The molecule has 3 aliphatic rings. The summed E-state index contributed by atoms with van der Waals surface area (Å²) in [5.41, 5.74) is 0. The number of nitrogens with zero attached hydrogens (tertiary/aromatic N) is 5. The van der Waals surface area contributed by atoms with Crippen molar-refractivity contribution in [2.75, 3.05) is 49.1 Å². The van der Waals surface area contributed by atoms with E-state index in [-0.39, 0.29) is 0 Å². The van der Waals surface area contributed by atoms with Crippen LogP contribution in [0.2, 0.25) is 0 Å². The van der Waals surface area contributed by atoms with E-state index in [4.69, 9.17) is 4.98 Å². The Morgan fingerprint density at radius 3 is 2.11 bits per heavy atom. The van der Waals surface area contributed by atoms with Gasteiger partial charge >= 0.3 is 0 Å². The molecule has 0 aromatic carbocycles. The number of carbonyl (C=O) groups is 1. The van der Waals surface area contributed by atoms with Crippen molar-refractivity contribution in [3.05, 3.63) is 11.9 Å². The van der Waals surface area contributed by atoms with Crippen LogP contribution in [0, 0.1) is 12.8 Å². The number of anilines is 2. The van der Waals surface area contributed by atoms with E-state index in [0.29, 0.717) is 11.8 Å². The van der Waals surface area contributed by atoms with Gasteiger partial charge in [-0.3, -0.25) is 4.79 Å². The number of aromatic nitrogens is 2. The van der Waals surface area contributed by atoms with Gasteiger partial charge in [-0.2, -0.15) is 0 Å². The molecule has 0 N–H and O–H groups in total. The average Bonchev–Trinajstić information content (AvgIpc) is 3.21. The van der Waals surface area contributed by atoms with Crippen molar-refractivity contribution in [1.82, 2.24) is 14.9 Å². The van der Waals surface area contributed by atoms with Crippen LogP contribution in [0.1, 0.15) is 57.2 Å². The number of amides is 1. The van der Waals surface area contributed by atoms with Crippen LogP contribution in [-0.4, -0.2) is 60.0 Å². The zero-order valence-corrected chi connectivity index (χ0v) is 16.7. The van der Waals surface area contributed by atoms with E-state index < -0.39 is 0 Å². The molecule has 0 radical (unpaired) electrons. The van der Waals surface area contributed by atoms with Gasteiger partial charge in [0.2, 0.25) is 5.91 Å². The number of hydrogen-bond acceptors (Lipinski definition) is 5. The molecule has 0 bridgehead atoms. The number of rotatable bonds is 4. The van der Waals surface area contributed by atoms with Crippen molar-refractivity contribution < 1.29 is 4.79 Å². The molecule has 3 heterocycles. The molecule has 6 heteroatoms. The molecule has 148 valence electrons. The van der Waals surface area contributed by atoms with E-state index in [2.05, 4.69) is 25.8 Å². The molecule has 0 atom stereocenters. The van der Waals surface area contributed by atoms with Crippen LogP contribution in [0.4, 0.5) is 11.6 Å². The largest absolute Gasteiger partial charge is 0.356 e. The normalized spacial score (nSPS) is 21.7. The third-order valence-corrected chi connectivity index (χ3v) is 6.39. The van der Waals surface area contributed by atoms with Crippen LogP contribution in [-0.2, 0) is 4.79 Å². The lowest BCUT2D eigenvalue weighted by Crippen LogP contribution is -2.49. The summed E-state index contributed by atoms with van der Waals surface area (Å²) in [5, 5.41) is 0. The van der Waals surface area contributed by atoms with Crippen LogP contribution >= 0.6 is 0 Å². The Kier molecular flexibility index (Phi) is 5.79. The van der Waals surface area contributed by atoms with Gasteiger partial charge in [-0.15, -0.1) is 0 Å². The molecule has 0 unspecified atom stereocenters. The number of hydrogen-bond donors (Lipinski definition) is 0. The summed E-state index contributed by atoms with van der Waals surface area (Å²) >= 11 is 0. The summed E-state index contributed by atoms with van der Waals surface area (Å²) < 4.78 is 0. The molecule has 0 spiro atoms. The summed E-state index contributed by atoms with van der Waals surface area (Å²) in [7, 11) is 0. The molecule has 1 amide bonds. The van der Waals surface area contributed by atoms with Gasteiger partial charge in [-0.05, 0) is 44.9 Å². The molecule has 4 rings (SSSR count). The highest BCUT2D eigenvalue weighted by Crippen LogP contribution is 2.28.